The van der Waals surface area contributed by atoms with E-state index in [4.69, 9.17) is 0 Å². The average Bonchev–Trinajstić information content (AvgIpc) is 2.61. The molecule has 1 aromatic heterocycles. The number of carbonyl (C=O) groups excluding carboxylic acids is 1. The van der Waals surface area contributed by atoms with E-state index in [0.29, 0.717) is 11.9 Å². The van der Waals surface area contributed by atoms with Gasteiger partial charge in [-0.3, -0.25) is 4.79 Å². The molecule has 0 radical (unpaired) electrons. The summed E-state index contributed by atoms with van der Waals surface area (Å²) in [5.74, 6) is 0.307. The molecule has 9 nitrogen and oxygen atoms in total. The summed E-state index contributed by atoms with van der Waals surface area (Å²) in [5.41, 5.74) is 4.40. The van der Waals surface area contributed by atoms with Crippen LogP contribution in [0.2, 0.25) is 0 Å². The third-order valence-corrected chi connectivity index (χ3v) is 3.40. The van der Waals surface area contributed by atoms with Crippen LogP contribution in [-0.4, -0.2) is 69.4 Å². The lowest BCUT2D eigenvalue weighted by molar-refractivity contribution is 0.0944. The van der Waals surface area contributed by atoms with Gasteiger partial charge in [0.25, 0.3) is 0 Å². The topological polar surface area (TPSA) is 89.8 Å². The molecular formula is C17H24N8O. The molecule has 2 aromatic rings. The molecule has 0 spiro atoms. The zero-order valence-corrected chi connectivity index (χ0v) is 15.9. The molecule has 0 saturated heterocycles. The summed E-state index contributed by atoms with van der Waals surface area (Å²) in [4.78, 5) is 30.3. The Morgan fingerprint density at radius 3 is 1.88 bits per heavy atom. The molecule has 0 fully saturated rings. The Morgan fingerprint density at radius 1 is 0.885 bits per heavy atom. The van der Waals surface area contributed by atoms with E-state index in [1.807, 2.05) is 43.3 Å². The predicted molar refractivity (Wildman–Crippen MR) is 104 cm³/mol. The lowest BCUT2D eigenvalue weighted by Gasteiger charge is -2.15. The van der Waals surface area contributed by atoms with Crippen molar-refractivity contribution in [1.29, 1.82) is 0 Å². The van der Waals surface area contributed by atoms with Crippen molar-refractivity contribution in [3.8, 4) is 0 Å². The van der Waals surface area contributed by atoms with E-state index in [1.165, 1.54) is 0 Å². The fourth-order valence-electron chi connectivity index (χ4n) is 1.93. The number of carbonyl (C=O) groups is 1. The highest BCUT2D eigenvalue weighted by atomic mass is 16.2. The molecule has 0 atom stereocenters. The van der Waals surface area contributed by atoms with Crippen LogP contribution < -0.4 is 20.1 Å². The highest BCUT2D eigenvalue weighted by molar-refractivity contribution is 5.92. The van der Waals surface area contributed by atoms with Gasteiger partial charge in [0, 0.05) is 48.0 Å². The van der Waals surface area contributed by atoms with Crippen LogP contribution in [0.25, 0.3) is 0 Å². The summed E-state index contributed by atoms with van der Waals surface area (Å²) in [7, 11) is 11.1. The quantitative estimate of drug-likeness (QED) is 0.606. The molecular weight excluding hydrogens is 332 g/mol. The van der Waals surface area contributed by atoms with Gasteiger partial charge in [-0.25, -0.2) is 5.43 Å². The second-order valence-electron chi connectivity index (χ2n) is 6.23. The van der Waals surface area contributed by atoms with Gasteiger partial charge in [0.15, 0.2) is 0 Å². The monoisotopic (exact) mass is 356 g/mol. The minimum atomic E-state index is -0.500. The van der Waals surface area contributed by atoms with Crippen LogP contribution in [0.15, 0.2) is 29.4 Å². The van der Waals surface area contributed by atoms with Crippen molar-refractivity contribution in [3.63, 3.8) is 0 Å². The van der Waals surface area contributed by atoms with Crippen molar-refractivity contribution >= 4 is 29.7 Å². The van der Waals surface area contributed by atoms with Crippen LogP contribution in [0.1, 0.15) is 16.2 Å². The van der Waals surface area contributed by atoms with Gasteiger partial charge in [0.05, 0.1) is 6.21 Å². The molecule has 1 aromatic carbocycles. The summed E-state index contributed by atoms with van der Waals surface area (Å²) in [6.07, 6.45) is 1.57. The fourth-order valence-corrected chi connectivity index (χ4v) is 1.93. The first kappa shape index (κ1) is 19.1. The second kappa shape index (κ2) is 8.24. The number of aromatic nitrogens is 3. The van der Waals surface area contributed by atoms with Gasteiger partial charge in [-0.15, -0.1) is 0 Å². The zero-order valence-electron chi connectivity index (χ0n) is 15.9. The Bertz CT molecular complexity index is 758. The molecule has 0 bridgehead atoms. The molecule has 1 heterocycles. The Morgan fingerprint density at radius 2 is 1.42 bits per heavy atom. The zero-order chi connectivity index (χ0) is 19.3. The van der Waals surface area contributed by atoms with E-state index >= 15 is 0 Å². The number of hydrogen-bond donors (Lipinski definition) is 1. The molecule has 0 aliphatic rings. The van der Waals surface area contributed by atoms with Gasteiger partial charge < -0.3 is 14.7 Å². The van der Waals surface area contributed by atoms with Crippen molar-refractivity contribution < 1.29 is 4.79 Å². The van der Waals surface area contributed by atoms with Gasteiger partial charge in [0.1, 0.15) is 0 Å². The second-order valence-corrected chi connectivity index (χ2v) is 6.23. The van der Waals surface area contributed by atoms with Crippen LogP contribution in [0.3, 0.4) is 0 Å². The largest absolute Gasteiger partial charge is 0.378 e. The lowest BCUT2D eigenvalue weighted by atomic mass is 10.2. The van der Waals surface area contributed by atoms with Crippen molar-refractivity contribution in [2.24, 2.45) is 5.10 Å². The third-order valence-electron chi connectivity index (χ3n) is 3.40. The fraction of sp³-hybridized carbons (Fsp3) is 0.353. The van der Waals surface area contributed by atoms with E-state index in [2.05, 4.69) is 25.5 Å². The van der Waals surface area contributed by atoms with Gasteiger partial charge in [-0.05, 0) is 17.7 Å². The number of nitrogens with zero attached hydrogens (tertiary/aromatic N) is 7. The smallest absolute Gasteiger partial charge is 0.309 e. The SMILES string of the molecule is CN(C)c1ccc(/C=N/NC(=O)c2nc(N(C)C)nc(N(C)C)n2)cc1. The van der Waals surface area contributed by atoms with E-state index < -0.39 is 5.91 Å². The summed E-state index contributed by atoms with van der Waals surface area (Å²) < 4.78 is 0. The minimum Gasteiger partial charge on any atom is -0.378 e. The normalized spacial score (nSPS) is 10.7. The molecule has 1 N–H and O–H groups in total. The molecule has 0 saturated carbocycles. The maximum absolute atomic E-state index is 12.3. The standard InChI is InChI=1S/C17H24N8O/c1-23(2)13-9-7-12(8-10-13)11-18-22-15(26)14-19-16(24(3)4)21-17(20-14)25(5)6/h7-11H,1-6H3,(H,22,26)/b18-11+. The molecule has 0 aliphatic heterocycles. The lowest BCUT2D eigenvalue weighted by Crippen LogP contribution is -2.25. The minimum absolute atomic E-state index is 0.00695. The molecule has 138 valence electrons. The molecule has 26 heavy (non-hydrogen) atoms. The van der Waals surface area contributed by atoms with Crippen molar-refractivity contribution in [2.75, 3.05) is 57.0 Å². The number of amides is 1. The van der Waals surface area contributed by atoms with E-state index in [9.17, 15) is 4.79 Å². The Kier molecular flexibility index (Phi) is 6.05. The predicted octanol–water partition coefficient (Wildman–Crippen LogP) is 0.834. The molecule has 1 amide bonds. The molecule has 0 aliphatic carbocycles. The summed E-state index contributed by atoms with van der Waals surface area (Å²) in [6, 6.07) is 7.79. The third kappa shape index (κ3) is 4.88. The first-order chi connectivity index (χ1) is 12.3. The van der Waals surface area contributed by atoms with E-state index in [-0.39, 0.29) is 5.82 Å². The van der Waals surface area contributed by atoms with Gasteiger partial charge in [-0.1, -0.05) is 12.1 Å². The van der Waals surface area contributed by atoms with Crippen LogP contribution in [0.5, 0.6) is 0 Å². The number of rotatable bonds is 6. The van der Waals surface area contributed by atoms with E-state index in [0.717, 1.165) is 11.3 Å². The Labute approximate surface area is 153 Å². The van der Waals surface area contributed by atoms with Gasteiger partial charge >= 0.3 is 5.91 Å². The summed E-state index contributed by atoms with van der Waals surface area (Å²) in [6.45, 7) is 0. The van der Waals surface area contributed by atoms with Crippen LogP contribution in [0, 0.1) is 0 Å². The highest BCUT2D eigenvalue weighted by Gasteiger charge is 2.15. The number of hydrazone groups is 1. The average molecular weight is 356 g/mol. The van der Waals surface area contributed by atoms with Crippen molar-refractivity contribution in [3.05, 3.63) is 35.7 Å². The number of benzene rings is 1. The number of anilines is 3. The first-order valence-corrected chi connectivity index (χ1v) is 7.99. The van der Waals surface area contributed by atoms with Crippen LogP contribution in [-0.2, 0) is 0 Å². The maximum atomic E-state index is 12.3. The van der Waals surface area contributed by atoms with Gasteiger partial charge in [0.2, 0.25) is 17.7 Å². The van der Waals surface area contributed by atoms with Crippen LogP contribution in [0.4, 0.5) is 17.6 Å². The molecule has 0 unspecified atom stereocenters. The van der Waals surface area contributed by atoms with Crippen molar-refractivity contribution in [2.45, 2.75) is 0 Å². The number of nitrogens with one attached hydrogen (secondary N) is 1. The summed E-state index contributed by atoms with van der Waals surface area (Å²) in [5, 5.41) is 3.98. The first-order valence-electron chi connectivity index (χ1n) is 7.99. The Hall–Kier alpha value is -3.23. The maximum Gasteiger partial charge on any atom is 0.309 e. The van der Waals surface area contributed by atoms with Crippen molar-refractivity contribution in [1.82, 2.24) is 20.4 Å². The number of hydrogen-bond acceptors (Lipinski definition) is 8. The molecule has 2 rings (SSSR count). The molecule has 9 heteroatoms. The summed E-state index contributed by atoms with van der Waals surface area (Å²) >= 11 is 0. The van der Waals surface area contributed by atoms with E-state index in [1.54, 1.807) is 44.2 Å². The van der Waals surface area contributed by atoms with Crippen LogP contribution >= 0.6 is 0 Å². The highest BCUT2D eigenvalue weighted by Crippen LogP contribution is 2.11. The Balaban J connectivity index is 2.11. The van der Waals surface area contributed by atoms with Gasteiger partial charge in [-0.2, -0.15) is 20.1 Å².